The fourth-order valence-corrected chi connectivity index (χ4v) is 4.57. The predicted molar refractivity (Wildman–Crippen MR) is 145 cm³/mol. The maximum absolute atomic E-state index is 13.9. The second-order valence-electron chi connectivity index (χ2n) is 9.60. The first-order valence-corrected chi connectivity index (χ1v) is 12.7. The van der Waals surface area contributed by atoms with Gasteiger partial charge >= 0.3 is 0 Å². The third kappa shape index (κ3) is 8.19. The zero-order valence-corrected chi connectivity index (χ0v) is 22.2. The molecule has 2 atom stereocenters. The van der Waals surface area contributed by atoms with Crippen LogP contribution < -0.4 is 16.0 Å². The second kappa shape index (κ2) is 13.3. The highest BCUT2D eigenvalue weighted by Crippen LogP contribution is 2.21. The van der Waals surface area contributed by atoms with E-state index in [9.17, 15) is 23.5 Å². The number of benzene rings is 3. The van der Waals surface area contributed by atoms with Crippen molar-refractivity contribution in [2.24, 2.45) is 0 Å². The van der Waals surface area contributed by atoms with Gasteiger partial charge < -0.3 is 21.1 Å². The number of aliphatic hydroxyl groups is 1. The van der Waals surface area contributed by atoms with Gasteiger partial charge in [0.15, 0.2) is 0 Å². The molecule has 0 heterocycles. The molecule has 0 radical (unpaired) electrons. The van der Waals surface area contributed by atoms with Gasteiger partial charge in [0.2, 0.25) is 5.91 Å². The summed E-state index contributed by atoms with van der Waals surface area (Å²) >= 11 is 0. The zero-order chi connectivity index (χ0) is 27.8. The summed E-state index contributed by atoms with van der Waals surface area (Å²) in [4.78, 5) is 24.8. The molecule has 4 N–H and O–H groups in total. The first-order chi connectivity index (χ1) is 18.0. The average molecular weight is 524 g/mol. The van der Waals surface area contributed by atoms with Gasteiger partial charge in [-0.15, -0.1) is 0 Å². The first-order valence-electron chi connectivity index (χ1n) is 12.7. The molecule has 3 aromatic rings. The Balaban J connectivity index is 1.78. The molecule has 0 saturated carbocycles. The van der Waals surface area contributed by atoms with E-state index in [0.717, 1.165) is 18.1 Å². The molecule has 0 aliphatic heterocycles. The molecular weight excluding hydrogens is 488 g/mol. The van der Waals surface area contributed by atoms with Crippen LogP contribution in [0.3, 0.4) is 0 Å². The summed E-state index contributed by atoms with van der Waals surface area (Å²) in [6.45, 7) is 7.66. The molecule has 0 aliphatic rings. The lowest BCUT2D eigenvalue weighted by atomic mass is 9.97. The lowest BCUT2D eigenvalue weighted by Gasteiger charge is -2.26. The van der Waals surface area contributed by atoms with E-state index in [2.05, 4.69) is 35.0 Å². The molecule has 0 aliphatic carbocycles. The van der Waals surface area contributed by atoms with Gasteiger partial charge in [-0.3, -0.25) is 9.59 Å². The number of rotatable bonds is 11. The highest BCUT2D eigenvalue weighted by atomic mass is 19.1. The summed E-state index contributed by atoms with van der Waals surface area (Å²) in [5.41, 5.74) is 4.86. The normalized spacial score (nSPS) is 12.6. The Morgan fingerprint density at radius 1 is 0.921 bits per heavy atom. The van der Waals surface area contributed by atoms with Gasteiger partial charge in [-0.25, -0.2) is 8.78 Å². The molecule has 202 valence electrons. The van der Waals surface area contributed by atoms with Gasteiger partial charge in [-0.05, 0) is 78.8 Å². The summed E-state index contributed by atoms with van der Waals surface area (Å²) < 4.78 is 27.7. The molecule has 3 aromatic carbocycles. The number of nitrogens with one attached hydrogen (secondary N) is 3. The maximum Gasteiger partial charge on any atom is 0.252 e. The third-order valence-corrected chi connectivity index (χ3v) is 6.32. The summed E-state index contributed by atoms with van der Waals surface area (Å²) in [7, 11) is 0. The number of halogens is 2. The van der Waals surface area contributed by atoms with Crippen molar-refractivity contribution >= 4 is 17.5 Å². The van der Waals surface area contributed by atoms with E-state index in [1.807, 2.05) is 12.1 Å². The van der Waals surface area contributed by atoms with E-state index in [1.54, 1.807) is 26.0 Å². The topological polar surface area (TPSA) is 90.5 Å². The molecule has 0 bridgehead atoms. The SMILES string of the molecule is CCc1cccc(CNC[C@H](O)C(Cc2cc(F)cc(F)c2)NC(=O)c2c(C)cc(NC(C)=O)cc2C)c1. The van der Waals surface area contributed by atoms with Crippen molar-refractivity contribution in [1.29, 1.82) is 0 Å². The van der Waals surface area contributed by atoms with Crippen LogP contribution in [0.2, 0.25) is 0 Å². The summed E-state index contributed by atoms with van der Waals surface area (Å²) in [6, 6.07) is 13.8. The number of aliphatic hydroxyl groups excluding tert-OH is 1. The van der Waals surface area contributed by atoms with Crippen LogP contribution in [0.15, 0.2) is 54.6 Å². The average Bonchev–Trinajstić information content (AvgIpc) is 2.82. The Morgan fingerprint density at radius 3 is 2.16 bits per heavy atom. The number of amides is 2. The predicted octanol–water partition coefficient (Wildman–Crippen LogP) is 4.59. The molecule has 1 unspecified atom stereocenters. The van der Waals surface area contributed by atoms with E-state index in [-0.39, 0.29) is 18.9 Å². The van der Waals surface area contributed by atoms with Gasteiger partial charge in [-0.1, -0.05) is 31.2 Å². The van der Waals surface area contributed by atoms with Crippen LogP contribution >= 0.6 is 0 Å². The van der Waals surface area contributed by atoms with E-state index in [1.165, 1.54) is 24.6 Å². The molecule has 0 aromatic heterocycles. The van der Waals surface area contributed by atoms with Crippen LogP contribution in [0.1, 0.15) is 52.0 Å². The van der Waals surface area contributed by atoms with E-state index in [0.29, 0.717) is 34.5 Å². The Hall–Kier alpha value is -3.62. The van der Waals surface area contributed by atoms with Crippen LogP contribution in [-0.2, 0) is 24.2 Å². The molecule has 3 rings (SSSR count). The molecule has 2 amide bonds. The van der Waals surface area contributed by atoms with Crippen molar-refractivity contribution in [3.63, 3.8) is 0 Å². The Morgan fingerprint density at radius 2 is 1.55 bits per heavy atom. The summed E-state index contributed by atoms with van der Waals surface area (Å²) in [6.07, 6.45) is -0.102. The molecule has 0 saturated heterocycles. The lowest BCUT2D eigenvalue weighted by Crippen LogP contribution is -2.49. The lowest BCUT2D eigenvalue weighted by molar-refractivity contribution is -0.114. The summed E-state index contributed by atoms with van der Waals surface area (Å²) in [5.74, 6) is -2.10. The number of aryl methyl sites for hydroxylation is 3. The van der Waals surface area contributed by atoms with Gasteiger partial charge in [0, 0.05) is 37.3 Å². The Bertz CT molecular complexity index is 1250. The fraction of sp³-hybridized carbons (Fsp3) is 0.333. The highest BCUT2D eigenvalue weighted by Gasteiger charge is 2.24. The number of hydrogen-bond donors (Lipinski definition) is 4. The van der Waals surface area contributed by atoms with E-state index in [4.69, 9.17) is 0 Å². The fourth-order valence-electron chi connectivity index (χ4n) is 4.57. The first kappa shape index (κ1) is 28.9. The number of hydrogen-bond acceptors (Lipinski definition) is 4. The second-order valence-corrected chi connectivity index (χ2v) is 9.60. The molecule has 38 heavy (non-hydrogen) atoms. The largest absolute Gasteiger partial charge is 0.390 e. The van der Waals surface area contributed by atoms with Gasteiger partial charge in [0.1, 0.15) is 11.6 Å². The number of anilines is 1. The van der Waals surface area contributed by atoms with Crippen LogP contribution in [0, 0.1) is 25.5 Å². The smallest absolute Gasteiger partial charge is 0.252 e. The monoisotopic (exact) mass is 523 g/mol. The molecule has 6 nitrogen and oxygen atoms in total. The minimum absolute atomic E-state index is 0.0245. The van der Waals surface area contributed by atoms with Crippen molar-refractivity contribution in [1.82, 2.24) is 10.6 Å². The number of carbonyl (C=O) groups is 2. The molecule has 0 fully saturated rings. The standard InChI is InChI=1S/C30H35F2N3O3/c1-5-21-7-6-8-22(11-21)16-33-17-28(37)27(14-23-12-24(31)15-25(32)13-23)35-30(38)29-18(2)9-26(10-19(29)3)34-20(4)36/h6-13,15,27-28,33,37H,5,14,16-17H2,1-4H3,(H,34,36)(H,35,38)/t27?,28-/m0/s1. The van der Waals surface area contributed by atoms with Crippen molar-refractivity contribution in [3.05, 3.63) is 99.6 Å². The highest BCUT2D eigenvalue weighted by molar-refractivity contribution is 5.98. The van der Waals surface area contributed by atoms with Crippen molar-refractivity contribution in [2.75, 3.05) is 11.9 Å². The van der Waals surface area contributed by atoms with Crippen molar-refractivity contribution < 1.29 is 23.5 Å². The van der Waals surface area contributed by atoms with E-state index >= 15 is 0 Å². The van der Waals surface area contributed by atoms with Gasteiger partial charge in [0.25, 0.3) is 5.91 Å². The minimum atomic E-state index is -1.04. The van der Waals surface area contributed by atoms with Crippen LogP contribution in [0.4, 0.5) is 14.5 Å². The Labute approximate surface area is 222 Å². The molecular formula is C30H35F2N3O3. The Kier molecular flexibility index (Phi) is 10.1. The van der Waals surface area contributed by atoms with Gasteiger partial charge in [0.05, 0.1) is 12.1 Å². The quantitative estimate of drug-likeness (QED) is 0.296. The van der Waals surface area contributed by atoms with Crippen LogP contribution in [0.5, 0.6) is 0 Å². The van der Waals surface area contributed by atoms with Crippen LogP contribution in [0.25, 0.3) is 0 Å². The zero-order valence-electron chi connectivity index (χ0n) is 22.2. The third-order valence-electron chi connectivity index (χ3n) is 6.32. The van der Waals surface area contributed by atoms with Crippen molar-refractivity contribution in [3.8, 4) is 0 Å². The minimum Gasteiger partial charge on any atom is -0.390 e. The van der Waals surface area contributed by atoms with E-state index < -0.39 is 29.7 Å². The summed E-state index contributed by atoms with van der Waals surface area (Å²) in [5, 5.41) is 19.8. The molecule has 8 heteroatoms. The van der Waals surface area contributed by atoms with Gasteiger partial charge in [-0.2, -0.15) is 0 Å². The number of carbonyl (C=O) groups excluding carboxylic acids is 2. The maximum atomic E-state index is 13.9. The van der Waals surface area contributed by atoms with Crippen molar-refractivity contribution in [2.45, 2.75) is 59.2 Å². The molecule has 0 spiro atoms. The van der Waals surface area contributed by atoms with Crippen LogP contribution in [-0.4, -0.2) is 35.6 Å².